The Morgan fingerprint density at radius 2 is 1.87 bits per heavy atom. The third-order valence-electron chi connectivity index (χ3n) is 3.67. The van der Waals surface area contributed by atoms with Crippen LogP contribution in [0.3, 0.4) is 0 Å². The van der Waals surface area contributed by atoms with E-state index in [0.29, 0.717) is 22.3 Å². The highest BCUT2D eigenvalue weighted by Gasteiger charge is 2.14. The molecule has 0 saturated heterocycles. The number of carbonyl (C=O) groups excluding carboxylic acids is 1. The summed E-state index contributed by atoms with van der Waals surface area (Å²) in [5.41, 5.74) is 2.68. The second kappa shape index (κ2) is 6.08. The Bertz CT molecular complexity index is 923. The highest BCUT2D eigenvalue weighted by Crippen LogP contribution is 2.25. The zero-order chi connectivity index (χ0) is 16.4. The third kappa shape index (κ3) is 3.01. The summed E-state index contributed by atoms with van der Waals surface area (Å²) < 4.78 is 10.7. The van der Waals surface area contributed by atoms with Gasteiger partial charge in [-0.2, -0.15) is 0 Å². The van der Waals surface area contributed by atoms with Crippen LogP contribution in [0.1, 0.15) is 11.1 Å². The summed E-state index contributed by atoms with van der Waals surface area (Å²) in [6.45, 7) is 1.88. The summed E-state index contributed by atoms with van der Waals surface area (Å²) in [6.07, 6.45) is 0.0653. The molecule has 0 amide bonds. The summed E-state index contributed by atoms with van der Waals surface area (Å²) >= 11 is 0. The lowest BCUT2D eigenvalue weighted by atomic mass is 10.0. The smallest absolute Gasteiger partial charge is 0.310 e. The average molecular weight is 308 g/mol. The maximum Gasteiger partial charge on any atom is 0.310 e. The topological polar surface area (TPSA) is 56.5 Å². The molecule has 0 spiro atoms. The molecule has 0 aliphatic carbocycles. The molecule has 0 fully saturated rings. The van der Waals surface area contributed by atoms with Gasteiger partial charge < -0.3 is 9.15 Å². The second-order valence-corrected chi connectivity index (χ2v) is 5.39. The number of benzene rings is 2. The first kappa shape index (κ1) is 15.0. The standard InChI is InChI=1S/C19H16O4/c1-12-8-14(10-18(21)22-2)19-15(9-12)16(20)11-17(23-19)13-6-4-3-5-7-13/h3-9,11H,10H2,1-2H3. The minimum Gasteiger partial charge on any atom is -0.469 e. The molecule has 0 atom stereocenters. The number of hydrogen-bond acceptors (Lipinski definition) is 4. The second-order valence-electron chi connectivity index (χ2n) is 5.39. The molecule has 4 nitrogen and oxygen atoms in total. The molecular formula is C19H16O4. The van der Waals surface area contributed by atoms with Crippen LogP contribution >= 0.6 is 0 Å². The number of esters is 1. The number of fused-ring (bicyclic) bond motifs is 1. The van der Waals surface area contributed by atoms with E-state index in [0.717, 1.165) is 11.1 Å². The van der Waals surface area contributed by atoms with Gasteiger partial charge in [0.2, 0.25) is 0 Å². The van der Waals surface area contributed by atoms with Crippen molar-refractivity contribution in [3.05, 3.63) is 69.9 Å². The van der Waals surface area contributed by atoms with Crippen LogP contribution in [0.4, 0.5) is 0 Å². The molecule has 2 aromatic carbocycles. The number of aryl methyl sites for hydroxylation is 1. The van der Waals surface area contributed by atoms with Crippen LogP contribution in [0.2, 0.25) is 0 Å². The van der Waals surface area contributed by atoms with Crippen molar-refractivity contribution in [3.63, 3.8) is 0 Å². The van der Waals surface area contributed by atoms with Gasteiger partial charge in [0.15, 0.2) is 5.43 Å². The number of carbonyl (C=O) groups is 1. The van der Waals surface area contributed by atoms with Gasteiger partial charge in [0, 0.05) is 17.2 Å². The average Bonchev–Trinajstić information content (AvgIpc) is 2.56. The van der Waals surface area contributed by atoms with E-state index in [2.05, 4.69) is 0 Å². The van der Waals surface area contributed by atoms with E-state index in [1.165, 1.54) is 13.2 Å². The first-order valence-electron chi connectivity index (χ1n) is 7.28. The Kier molecular flexibility index (Phi) is 3.98. The molecule has 0 unspecified atom stereocenters. The molecule has 0 N–H and O–H groups in total. The van der Waals surface area contributed by atoms with Crippen molar-refractivity contribution in [1.82, 2.24) is 0 Å². The van der Waals surface area contributed by atoms with Crippen molar-refractivity contribution in [1.29, 1.82) is 0 Å². The maximum absolute atomic E-state index is 12.5. The zero-order valence-corrected chi connectivity index (χ0v) is 13.0. The predicted octanol–water partition coefficient (Wildman–Crippen LogP) is 3.48. The molecule has 4 heteroatoms. The molecule has 1 heterocycles. The van der Waals surface area contributed by atoms with Crippen molar-refractivity contribution < 1.29 is 13.9 Å². The minimum atomic E-state index is -0.371. The van der Waals surface area contributed by atoms with Gasteiger partial charge in [-0.3, -0.25) is 9.59 Å². The normalized spacial score (nSPS) is 10.7. The van der Waals surface area contributed by atoms with Gasteiger partial charge >= 0.3 is 5.97 Å². The molecular weight excluding hydrogens is 292 g/mol. The van der Waals surface area contributed by atoms with Gasteiger partial charge in [0.25, 0.3) is 0 Å². The van der Waals surface area contributed by atoms with E-state index in [1.54, 1.807) is 6.07 Å². The summed E-state index contributed by atoms with van der Waals surface area (Å²) in [5.74, 6) is 0.114. The summed E-state index contributed by atoms with van der Waals surface area (Å²) in [7, 11) is 1.34. The predicted molar refractivity (Wildman–Crippen MR) is 88.4 cm³/mol. The quantitative estimate of drug-likeness (QED) is 0.695. The van der Waals surface area contributed by atoms with Crippen LogP contribution in [0.5, 0.6) is 0 Å². The Morgan fingerprint density at radius 3 is 2.57 bits per heavy atom. The zero-order valence-electron chi connectivity index (χ0n) is 13.0. The molecule has 0 saturated carbocycles. The van der Waals surface area contributed by atoms with Crippen LogP contribution in [-0.4, -0.2) is 13.1 Å². The highest BCUT2D eigenvalue weighted by molar-refractivity contribution is 5.86. The molecule has 0 radical (unpaired) electrons. The van der Waals surface area contributed by atoms with Gasteiger partial charge in [-0.1, -0.05) is 36.4 Å². The largest absolute Gasteiger partial charge is 0.469 e. The number of ether oxygens (including phenoxy) is 1. The van der Waals surface area contributed by atoms with E-state index in [9.17, 15) is 9.59 Å². The molecule has 3 rings (SSSR count). The SMILES string of the molecule is COC(=O)Cc1cc(C)cc2c(=O)cc(-c3ccccc3)oc12. The van der Waals surface area contributed by atoms with Crippen LogP contribution < -0.4 is 5.43 Å². The minimum absolute atomic E-state index is 0.0653. The van der Waals surface area contributed by atoms with Gasteiger partial charge in [-0.25, -0.2) is 0 Å². The molecule has 0 aliphatic rings. The lowest BCUT2D eigenvalue weighted by Crippen LogP contribution is -2.08. The Hall–Kier alpha value is -2.88. The Labute approximate surface area is 133 Å². The lowest BCUT2D eigenvalue weighted by molar-refractivity contribution is -0.139. The van der Waals surface area contributed by atoms with Crippen LogP contribution in [-0.2, 0) is 16.0 Å². The van der Waals surface area contributed by atoms with Crippen LogP contribution in [0.25, 0.3) is 22.3 Å². The van der Waals surface area contributed by atoms with Gasteiger partial charge in [0.05, 0.1) is 18.9 Å². The molecule has 1 aromatic heterocycles. The molecule has 23 heavy (non-hydrogen) atoms. The van der Waals surface area contributed by atoms with Crippen LogP contribution in [0.15, 0.2) is 57.7 Å². The van der Waals surface area contributed by atoms with E-state index in [4.69, 9.17) is 9.15 Å². The maximum atomic E-state index is 12.5. The van der Waals surface area contributed by atoms with E-state index < -0.39 is 0 Å². The molecule has 0 aliphatic heterocycles. The van der Waals surface area contributed by atoms with Gasteiger partial charge in [0.1, 0.15) is 11.3 Å². The Morgan fingerprint density at radius 1 is 1.13 bits per heavy atom. The Balaban J connectivity index is 2.25. The monoisotopic (exact) mass is 308 g/mol. The van der Waals surface area contributed by atoms with E-state index in [1.807, 2.05) is 43.3 Å². The fourth-order valence-electron chi connectivity index (χ4n) is 2.59. The fraction of sp³-hybridized carbons (Fsp3) is 0.158. The van der Waals surface area contributed by atoms with E-state index >= 15 is 0 Å². The summed E-state index contributed by atoms with van der Waals surface area (Å²) in [6, 6.07) is 14.5. The molecule has 116 valence electrons. The molecule has 3 aromatic rings. The third-order valence-corrected chi connectivity index (χ3v) is 3.67. The highest BCUT2D eigenvalue weighted by atomic mass is 16.5. The number of hydrogen-bond donors (Lipinski definition) is 0. The van der Waals surface area contributed by atoms with Crippen molar-refractivity contribution in [2.24, 2.45) is 0 Å². The lowest BCUT2D eigenvalue weighted by Gasteiger charge is -2.09. The van der Waals surface area contributed by atoms with Gasteiger partial charge in [-0.15, -0.1) is 0 Å². The van der Waals surface area contributed by atoms with Crippen molar-refractivity contribution in [2.75, 3.05) is 7.11 Å². The first-order chi connectivity index (χ1) is 11.1. The van der Waals surface area contributed by atoms with Gasteiger partial charge in [-0.05, 0) is 18.6 Å². The fourth-order valence-corrected chi connectivity index (χ4v) is 2.59. The summed E-state index contributed by atoms with van der Waals surface area (Å²) in [4.78, 5) is 24.1. The summed E-state index contributed by atoms with van der Waals surface area (Å²) in [5, 5.41) is 0.476. The molecule has 0 bridgehead atoms. The van der Waals surface area contributed by atoms with E-state index in [-0.39, 0.29) is 17.8 Å². The van der Waals surface area contributed by atoms with Crippen LogP contribution in [0, 0.1) is 6.92 Å². The number of methoxy groups -OCH3 is 1. The van der Waals surface area contributed by atoms with Crippen molar-refractivity contribution >= 4 is 16.9 Å². The number of rotatable bonds is 3. The first-order valence-corrected chi connectivity index (χ1v) is 7.28. The van der Waals surface area contributed by atoms with Crippen molar-refractivity contribution in [2.45, 2.75) is 13.3 Å². The van der Waals surface area contributed by atoms with Crippen molar-refractivity contribution in [3.8, 4) is 11.3 Å².